The van der Waals surface area contributed by atoms with Gasteiger partial charge in [0.2, 0.25) is 4.45 Å². The van der Waals surface area contributed by atoms with E-state index in [2.05, 4.69) is 6.92 Å². The zero-order valence-corrected chi connectivity index (χ0v) is 11.9. The monoisotopic (exact) mass is 262 g/mol. The Morgan fingerprint density at radius 2 is 2.06 bits per heavy atom. The molecule has 0 aromatic carbocycles. The van der Waals surface area contributed by atoms with Crippen molar-refractivity contribution in [3.05, 3.63) is 0 Å². The summed E-state index contributed by atoms with van der Waals surface area (Å²) in [6.45, 7) is 2.96. The summed E-state index contributed by atoms with van der Waals surface area (Å²) in [4.78, 5) is 11.1. The standard InChI is InChI=1S/C12H22O2S2/c1-10(9-16-12(13)15-2)8-14-11-6-4-3-5-7-11/h10-11H,3-9H2,1-2H3. The predicted molar refractivity (Wildman–Crippen MR) is 73.4 cm³/mol. The first kappa shape index (κ1) is 14.4. The summed E-state index contributed by atoms with van der Waals surface area (Å²) < 4.78 is 6.09. The number of ether oxygens (including phenoxy) is 1. The van der Waals surface area contributed by atoms with Crippen LogP contribution in [0.25, 0.3) is 0 Å². The molecule has 1 saturated carbocycles. The molecule has 94 valence electrons. The third-order valence-corrected chi connectivity index (χ3v) is 4.98. The lowest BCUT2D eigenvalue weighted by Gasteiger charge is -2.23. The van der Waals surface area contributed by atoms with Crippen LogP contribution >= 0.6 is 23.5 Å². The van der Waals surface area contributed by atoms with Gasteiger partial charge in [0.05, 0.1) is 12.7 Å². The van der Waals surface area contributed by atoms with Crippen LogP contribution in [0.4, 0.5) is 4.79 Å². The number of carbonyl (C=O) groups excluding carboxylic acids is 1. The molecule has 0 aromatic rings. The largest absolute Gasteiger partial charge is 0.378 e. The van der Waals surface area contributed by atoms with E-state index in [0.717, 1.165) is 12.4 Å². The van der Waals surface area contributed by atoms with Crippen molar-refractivity contribution >= 4 is 28.0 Å². The highest BCUT2D eigenvalue weighted by atomic mass is 32.2. The molecule has 4 heteroatoms. The highest BCUT2D eigenvalue weighted by molar-refractivity contribution is 8.38. The molecule has 1 rings (SSSR count). The molecule has 0 saturated heterocycles. The van der Waals surface area contributed by atoms with Crippen LogP contribution in [-0.4, -0.2) is 29.2 Å². The van der Waals surface area contributed by atoms with Gasteiger partial charge in [0.25, 0.3) is 0 Å². The molecule has 1 unspecified atom stereocenters. The van der Waals surface area contributed by atoms with Gasteiger partial charge in [-0.2, -0.15) is 0 Å². The molecular weight excluding hydrogens is 240 g/mol. The maximum absolute atomic E-state index is 11.1. The second kappa shape index (κ2) is 8.43. The van der Waals surface area contributed by atoms with Crippen molar-refractivity contribution in [1.82, 2.24) is 0 Å². The zero-order valence-electron chi connectivity index (χ0n) is 10.2. The normalized spacial score (nSPS) is 19.6. The van der Waals surface area contributed by atoms with E-state index in [1.54, 1.807) is 0 Å². The summed E-state index contributed by atoms with van der Waals surface area (Å²) in [5, 5.41) is 0. The van der Waals surface area contributed by atoms with E-state index < -0.39 is 0 Å². The highest BCUT2D eigenvalue weighted by Crippen LogP contribution is 2.22. The van der Waals surface area contributed by atoms with Gasteiger partial charge in [-0.05, 0) is 25.0 Å². The van der Waals surface area contributed by atoms with Crippen LogP contribution < -0.4 is 0 Å². The Morgan fingerprint density at radius 1 is 1.38 bits per heavy atom. The summed E-state index contributed by atoms with van der Waals surface area (Å²) >= 11 is 2.71. The fraction of sp³-hybridized carbons (Fsp3) is 0.917. The molecule has 0 N–H and O–H groups in total. The number of hydrogen-bond acceptors (Lipinski definition) is 4. The lowest BCUT2D eigenvalue weighted by Crippen LogP contribution is -2.20. The number of hydrogen-bond donors (Lipinski definition) is 0. The first-order valence-electron chi connectivity index (χ1n) is 6.04. The van der Waals surface area contributed by atoms with Crippen molar-refractivity contribution in [2.75, 3.05) is 18.6 Å². The minimum atomic E-state index is 0.213. The summed E-state index contributed by atoms with van der Waals surface area (Å²) in [5.41, 5.74) is 0. The molecule has 1 atom stereocenters. The van der Waals surface area contributed by atoms with Crippen molar-refractivity contribution in [1.29, 1.82) is 0 Å². The van der Waals surface area contributed by atoms with Crippen molar-refractivity contribution < 1.29 is 9.53 Å². The van der Waals surface area contributed by atoms with Gasteiger partial charge in [0, 0.05) is 5.75 Å². The van der Waals surface area contributed by atoms with Crippen LogP contribution in [0.3, 0.4) is 0 Å². The van der Waals surface area contributed by atoms with Crippen LogP contribution in [0.5, 0.6) is 0 Å². The van der Waals surface area contributed by atoms with Gasteiger partial charge >= 0.3 is 0 Å². The summed E-state index contributed by atoms with van der Waals surface area (Å²) in [6, 6.07) is 0. The lowest BCUT2D eigenvalue weighted by atomic mass is 9.98. The van der Waals surface area contributed by atoms with Crippen LogP contribution in [0.2, 0.25) is 0 Å². The smallest absolute Gasteiger partial charge is 0.245 e. The molecule has 0 aliphatic heterocycles. The number of thioether (sulfide) groups is 2. The van der Waals surface area contributed by atoms with Gasteiger partial charge in [0.1, 0.15) is 0 Å². The zero-order chi connectivity index (χ0) is 11.8. The average molecular weight is 262 g/mol. The van der Waals surface area contributed by atoms with Gasteiger partial charge in [-0.1, -0.05) is 49.7 Å². The van der Waals surface area contributed by atoms with Crippen LogP contribution in [0, 0.1) is 5.92 Å². The molecule has 0 bridgehead atoms. The van der Waals surface area contributed by atoms with E-state index in [4.69, 9.17) is 4.74 Å². The van der Waals surface area contributed by atoms with Gasteiger partial charge in [-0.3, -0.25) is 4.79 Å². The third-order valence-electron chi connectivity index (χ3n) is 2.82. The predicted octanol–water partition coefficient (Wildman–Crippen LogP) is 4.19. The molecular formula is C12H22O2S2. The molecule has 0 heterocycles. The molecule has 0 aromatic heterocycles. The summed E-state index contributed by atoms with van der Waals surface area (Å²) in [6.07, 6.45) is 8.77. The summed E-state index contributed by atoms with van der Waals surface area (Å²) in [7, 11) is 0. The SMILES string of the molecule is CSC(=O)SCC(C)COC1CCCCC1. The Kier molecular flexibility index (Phi) is 7.58. The molecule has 1 aliphatic rings. The first-order chi connectivity index (χ1) is 7.72. The van der Waals surface area contributed by atoms with Crippen molar-refractivity contribution in [3.8, 4) is 0 Å². The molecule has 16 heavy (non-hydrogen) atoms. The Hall–Kier alpha value is 0.330. The van der Waals surface area contributed by atoms with Gasteiger partial charge in [-0.15, -0.1) is 0 Å². The Labute approximate surface area is 107 Å². The maximum Gasteiger partial charge on any atom is 0.245 e. The molecule has 0 spiro atoms. The van der Waals surface area contributed by atoms with Gasteiger partial charge < -0.3 is 4.74 Å². The lowest BCUT2D eigenvalue weighted by molar-refractivity contribution is 0.0145. The molecule has 0 radical (unpaired) electrons. The molecule has 1 aliphatic carbocycles. The van der Waals surface area contributed by atoms with E-state index >= 15 is 0 Å². The minimum Gasteiger partial charge on any atom is -0.378 e. The molecule has 2 nitrogen and oxygen atoms in total. The van der Waals surface area contributed by atoms with Gasteiger partial charge in [-0.25, -0.2) is 0 Å². The minimum absolute atomic E-state index is 0.213. The second-order valence-corrected chi connectivity index (χ2v) is 6.49. The molecule has 1 fully saturated rings. The Balaban J connectivity index is 2.04. The fourth-order valence-corrected chi connectivity index (χ4v) is 3.04. The van der Waals surface area contributed by atoms with Crippen molar-refractivity contribution in [3.63, 3.8) is 0 Å². The van der Waals surface area contributed by atoms with E-state index in [9.17, 15) is 4.79 Å². The van der Waals surface area contributed by atoms with E-state index in [0.29, 0.717) is 12.0 Å². The Bertz CT molecular complexity index is 203. The van der Waals surface area contributed by atoms with Crippen LogP contribution in [0.1, 0.15) is 39.0 Å². The third kappa shape index (κ3) is 6.16. The van der Waals surface area contributed by atoms with Gasteiger partial charge in [0.15, 0.2) is 0 Å². The van der Waals surface area contributed by atoms with Crippen molar-refractivity contribution in [2.45, 2.75) is 45.1 Å². The number of carbonyl (C=O) groups is 1. The van der Waals surface area contributed by atoms with Crippen LogP contribution in [-0.2, 0) is 4.74 Å². The second-order valence-electron chi connectivity index (χ2n) is 4.46. The number of rotatable bonds is 5. The average Bonchev–Trinajstić information content (AvgIpc) is 2.34. The quantitative estimate of drug-likeness (QED) is 0.742. The van der Waals surface area contributed by atoms with E-state index in [-0.39, 0.29) is 4.45 Å². The van der Waals surface area contributed by atoms with E-state index in [1.807, 2.05) is 6.26 Å². The first-order valence-corrected chi connectivity index (χ1v) is 8.25. The topological polar surface area (TPSA) is 26.3 Å². The molecule has 0 amide bonds. The fourth-order valence-electron chi connectivity index (χ4n) is 1.85. The highest BCUT2D eigenvalue weighted by Gasteiger charge is 2.15. The van der Waals surface area contributed by atoms with E-state index in [1.165, 1.54) is 55.6 Å². The maximum atomic E-state index is 11.1. The van der Waals surface area contributed by atoms with Crippen molar-refractivity contribution in [2.24, 2.45) is 5.92 Å². The Morgan fingerprint density at radius 3 is 2.69 bits per heavy atom. The summed E-state index contributed by atoms with van der Waals surface area (Å²) in [5.74, 6) is 1.36. The van der Waals surface area contributed by atoms with Crippen LogP contribution in [0.15, 0.2) is 0 Å².